The molecule has 0 saturated carbocycles. The van der Waals surface area contributed by atoms with E-state index in [1.165, 1.54) is 0 Å². The Morgan fingerprint density at radius 2 is 1.92 bits per heavy atom. The molecule has 0 aliphatic carbocycles. The molecule has 6 heteroatoms. The first-order valence-electron chi connectivity index (χ1n) is 7.67. The summed E-state index contributed by atoms with van der Waals surface area (Å²) >= 11 is 0. The second-order valence-electron chi connectivity index (χ2n) is 4.98. The molecule has 24 heavy (non-hydrogen) atoms. The average Bonchev–Trinajstić information content (AvgIpc) is 2.60. The molecule has 0 aromatic heterocycles. The molecule has 0 bridgehead atoms. The Morgan fingerprint density at radius 3 is 2.62 bits per heavy atom. The van der Waals surface area contributed by atoms with E-state index in [1.54, 1.807) is 14.2 Å². The minimum absolute atomic E-state index is 0.331. The number of nitrogens with one attached hydrogen (secondary N) is 1. The standard InChI is InChI=1S/C18H23N3O3/c1-4-24-17-10-13(8-9-16(17)23-3)12-20-18(19)21-14-6-5-7-15(11-14)22-2/h5-11H,4,12H2,1-3H3,(H3,19,20,21). The molecule has 6 nitrogen and oxygen atoms in total. The van der Waals surface area contributed by atoms with Crippen LogP contribution in [0.2, 0.25) is 0 Å². The maximum absolute atomic E-state index is 5.94. The van der Waals surface area contributed by atoms with E-state index < -0.39 is 0 Å². The van der Waals surface area contributed by atoms with Crippen LogP contribution in [0.3, 0.4) is 0 Å². The number of anilines is 1. The van der Waals surface area contributed by atoms with Crippen LogP contribution in [-0.2, 0) is 6.54 Å². The number of rotatable bonds is 7. The van der Waals surface area contributed by atoms with Crippen molar-refractivity contribution in [3.05, 3.63) is 48.0 Å². The van der Waals surface area contributed by atoms with E-state index in [1.807, 2.05) is 49.4 Å². The van der Waals surface area contributed by atoms with Crippen LogP contribution in [0.15, 0.2) is 47.5 Å². The molecule has 0 radical (unpaired) electrons. The van der Waals surface area contributed by atoms with Gasteiger partial charge in [-0.3, -0.25) is 0 Å². The lowest BCUT2D eigenvalue weighted by Gasteiger charge is -2.11. The summed E-state index contributed by atoms with van der Waals surface area (Å²) in [6, 6.07) is 13.2. The summed E-state index contributed by atoms with van der Waals surface area (Å²) in [5.41, 5.74) is 7.74. The highest BCUT2D eigenvalue weighted by molar-refractivity contribution is 5.92. The Morgan fingerprint density at radius 1 is 1.08 bits per heavy atom. The number of nitrogens with zero attached hydrogens (tertiary/aromatic N) is 1. The van der Waals surface area contributed by atoms with Gasteiger partial charge in [-0.25, -0.2) is 4.99 Å². The Labute approximate surface area is 142 Å². The molecule has 0 saturated heterocycles. The van der Waals surface area contributed by atoms with Crippen molar-refractivity contribution in [2.24, 2.45) is 10.7 Å². The highest BCUT2D eigenvalue weighted by Crippen LogP contribution is 2.28. The maximum Gasteiger partial charge on any atom is 0.193 e. The first-order valence-corrected chi connectivity index (χ1v) is 7.67. The van der Waals surface area contributed by atoms with Crippen molar-refractivity contribution >= 4 is 11.6 Å². The summed E-state index contributed by atoms with van der Waals surface area (Å²) in [5, 5.41) is 3.04. The van der Waals surface area contributed by atoms with Crippen molar-refractivity contribution in [2.75, 3.05) is 26.1 Å². The lowest BCUT2D eigenvalue weighted by atomic mass is 10.2. The number of hydrogen-bond acceptors (Lipinski definition) is 4. The van der Waals surface area contributed by atoms with Crippen LogP contribution in [0.25, 0.3) is 0 Å². The fourth-order valence-corrected chi connectivity index (χ4v) is 2.15. The second kappa shape index (κ2) is 8.67. The van der Waals surface area contributed by atoms with E-state index in [0.717, 1.165) is 17.0 Å². The fourth-order valence-electron chi connectivity index (χ4n) is 2.15. The van der Waals surface area contributed by atoms with E-state index in [-0.39, 0.29) is 0 Å². The van der Waals surface area contributed by atoms with Gasteiger partial charge in [-0.1, -0.05) is 12.1 Å². The monoisotopic (exact) mass is 329 g/mol. The first kappa shape index (κ1) is 17.5. The van der Waals surface area contributed by atoms with Gasteiger partial charge in [0, 0.05) is 11.8 Å². The van der Waals surface area contributed by atoms with Crippen LogP contribution in [0, 0.1) is 0 Å². The fraction of sp³-hybridized carbons (Fsp3) is 0.278. The molecule has 2 aromatic carbocycles. The van der Waals surface area contributed by atoms with Crippen LogP contribution in [-0.4, -0.2) is 26.8 Å². The van der Waals surface area contributed by atoms with Crippen LogP contribution in [0.1, 0.15) is 12.5 Å². The zero-order chi connectivity index (χ0) is 17.4. The van der Waals surface area contributed by atoms with Crippen LogP contribution < -0.4 is 25.3 Å². The van der Waals surface area contributed by atoms with Gasteiger partial charge in [0.15, 0.2) is 17.5 Å². The molecule has 0 aliphatic heterocycles. The molecule has 0 fully saturated rings. The van der Waals surface area contributed by atoms with E-state index in [9.17, 15) is 0 Å². The number of guanidine groups is 1. The quantitative estimate of drug-likeness (QED) is 0.603. The van der Waals surface area contributed by atoms with E-state index >= 15 is 0 Å². The minimum Gasteiger partial charge on any atom is -0.497 e. The zero-order valence-electron chi connectivity index (χ0n) is 14.2. The van der Waals surface area contributed by atoms with Gasteiger partial charge >= 0.3 is 0 Å². The topological polar surface area (TPSA) is 78.1 Å². The number of benzene rings is 2. The molecule has 128 valence electrons. The van der Waals surface area contributed by atoms with Crippen molar-refractivity contribution in [2.45, 2.75) is 13.5 Å². The Kier molecular flexibility index (Phi) is 6.31. The molecule has 0 heterocycles. The van der Waals surface area contributed by atoms with Crippen molar-refractivity contribution in [3.63, 3.8) is 0 Å². The van der Waals surface area contributed by atoms with E-state index in [4.69, 9.17) is 19.9 Å². The lowest BCUT2D eigenvalue weighted by molar-refractivity contribution is 0.310. The molecule has 3 N–H and O–H groups in total. The van der Waals surface area contributed by atoms with Crippen molar-refractivity contribution in [3.8, 4) is 17.2 Å². The summed E-state index contributed by atoms with van der Waals surface area (Å²) in [6.07, 6.45) is 0. The molecule has 0 atom stereocenters. The third kappa shape index (κ3) is 4.81. The van der Waals surface area contributed by atoms with Gasteiger partial charge in [0.05, 0.1) is 27.4 Å². The smallest absolute Gasteiger partial charge is 0.193 e. The molecule has 0 amide bonds. The summed E-state index contributed by atoms with van der Waals surface area (Å²) in [4.78, 5) is 4.35. The number of methoxy groups -OCH3 is 2. The summed E-state index contributed by atoms with van der Waals surface area (Å²) in [7, 11) is 3.24. The number of ether oxygens (including phenoxy) is 3. The molecule has 0 unspecified atom stereocenters. The third-order valence-corrected chi connectivity index (χ3v) is 3.30. The van der Waals surface area contributed by atoms with Gasteiger partial charge in [0.1, 0.15) is 5.75 Å². The lowest BCUT2D eigenvalue weighted by Crippen LogP contribution is -2.22. The zero-order valence-corrected chi connectivity index (χ0v) is 14.2. The van der Waals surface area contributed by atoms with E-state index in [2.05, 4.69) is 10.3 Å². The summed E-state index contributed by atoms with van der Waals surface area (Å²) in [5.74, 6) is 2.49. The predicted molar refractivity (Wildman–Crippen MR) is 96.1 cm³/mol. The number of nitrogens with two attached hydrogens (primary N) is 1. The second-order valence-corrected chi connectivity index (χ2v) is 4.98. The van der Waals surface area contributed by atoms with Crippen molar-refractivity contribution in [1.29, 1.82) is 0 Å². The SMILES string of the molecule is CCOc1cc(CN=C(N)Nc2cccc(OC)c2)ccc1OC. The van der Waals surface area contributed by atoms with Gasteiger partial charge in [0.25, 0.3) is 0 Å². The summed E-state index contributed by atoms with van der Waals surface area (Å²) in [6.45, 7) is 2.94. The molecular weight excluding hydrogens is 306 g/mol. The van der Waals surface area contributed by atoms with Crippen LogP contribution in [0.5, 0.6) is 17.2 Å². The molecule has 0 spiro atoms. The highest BCUT2D eigenvalue weighted by Gasteiger charge is 2.05. The van der Waals surface area contributed by atoms with Crippen molar-refractivity contribution in [1.82, 2.24) is 0 Å². The largest absolute Gasteiger partial charge is 0.497 e. The van der Waals surface area contributed by atoms with E-state index in [0.29, 0.717) is 30.6 Å². The van der Waals surface area contributed by atoms with Gasteiger partial charge in [0.2, 0.25) is 0 Å². The molecule has 0 aliphatic rings. The molecule has 2 aromatic rings. The summed E-state index contributed by atoms with van der Waals surface area (Å²) < 4.78 is 16.0. The van der Waals surface area contributed by atoms with Crippen LogP contribution in [0.4, 0.5) is 5.69 Å². The van der Waals surface area contributed by atoms with Gasteiger partial charge in [-0.05, 0) is 36.8 Å². The van der Waals surface area contributed by atoms with Gasteiger partial charge in [-0.2, -0.15) is 0 Å². The Bertz CT molecular complexity index is 702. The van der Waals surface area contributed by atoms with Gasteiger partial charge in [-0.15, -0.1) is 0 Å². The average molecular weight is 329 g/mol. The third-order valence-electron chi connectivity index (χ3n) is 3.30. The molecular formula is C18H23N3O3. The first-order chi connectivity index (χ1) is 11.7. The van der Waals surface area contributed by atoms with Crippen molar-refractivity contribution < 1.29 is 14.2 Å². The van der Waals surface area contributed by atoms with Crippen LogP contribution >= 0.6 is 0 Å². The Hall–Kier alpha value is -2.89. The predicted octanol–water partition coefficient (Wildman–Crippen LogP) is 3.03. The van der Waals surface area contributed by atoms with Gasteiger partial charge < -0.3 is 25.3 Å². The Balaban J connectivity index is 2.04. The normalized spacial score (nSPS) is 11.0. The number of aliphatic imine (C=N–C) groups is 1. The molecule has 2 rings (SSSR count). The maximum atomic E-state index is 5.94. The highest BCUT2D eigenvalue weighted by atomic mass is 16.5. The number of hydrogen-bond donors (Lipinski definition) is 2. The minimum atomic E-state index is 0.331.